The number of cyclic esters (lactones) is 1. The zero-order valence-electron chi connectivity index (χ0n) is 12.5. The minimum absolute atomic E-state index is 0.0593. The van der Waals surface area contributed by atoms with Gasteiger partial charge in [-0.3, -0.25) is 14.5 Å². The van der Waals surface area contributed by atoms with E-state index in [9.17, 15) is 9.59 Å². The molecule has 0 spiro atoms. The average Bonchev–Trinajstić information content (AvgIpc) is 2.93. The fourth-order valence-electron chi connectivity index (χ4n) is 3.40. The molecule has 3 aliphatic heterocycles. The average molecular weight is 296 g/mol. The number of ether oxygens (including phenoxy) is 2. The Balaban J connectivity index is 1.42. The molecule has 118 valence electrons. The van der Waals surface area contributed by atoms with Crippen molar-refractivity contribution in [3.05, 3.63) is 0 Å². The molecule has 0 aromatic carbocycles. The molecule has 6 nitrogen and oxygen atoms in total. The molecule has 3 rings (SSSR count). The molecule has 0 N–H and O–H groups in total. The molecule has 0 aromatic rings. The Hall–Kier alpha value is -1.14. The van der Waals surface area contributed by atoms with E-state index in [0.717, 1.165) is 52.0 Å². The highest BCUT2D eigenvalue weighted by molar-refractivity contribution is 5.79. The molecule has 1 amide bonds. The first-order valence-corrected chi connectivity index (χ1v) is 8.01. The molecular formula is C15H24N2O4. The van der Waals surface area contributed by atoms with E-state index in [1.807, 2.05) is 4.90 Å². The van der Waals surface area contributed by atoms with Crippen LogP contribution in [0.25, 0.3) is 0 Å². The lowest BCUT2D eigenvalue weighted by atomic mass is 9.95. The predicted molar refractivity (Wildman–Crippen MR) is 75.7 cm³/mol. The van der Waals surface area contributed by atoms with Gasteiger partial charge >= 0.3 is 5.97 Å². The molecular weight excluding hydrogens is 272 g/mol. The molecule has 0 aromatic heterocycles. The van der Waals surface area contributed by atoms with Crippen molar-refractivity contribution in [2.45, 2.75) is 31.8 Å². The number of esters is 1. The first kappa shape index (κ1) is 14.8. The van der Waals surface area contributed by atoms with Crippen LogP contribution in [-0.4, -0.2) is 73.7 Å². The van der Waals surface area contributed by atoms with Gasteiger partial charge in [0.2, 0.25) is 5.91 Å². The van der Waals surface area contributed by atoms with Crippen LogP contribution in [0.5, 0.6) is 0 Å². The van der Waals surface area contributed by atoms with Gasteiger partial charge in [-0.25, -0.2) is 0 Å². The standard InChI is InChI=1S/C15H24N2O4/c18-14-2-1-13(21-14)11-16-5-3-12(4-6-16)15(19)17-7-9-20-10-8-17/h12-13H,1-11H2. The van der Waals surface area contributed by atoms with Gasteiger partial charge in [0.15, 0.2) is 0 Å². The molecule has 0 aliphatic carbocycles. The number of carbonyl (C=O) groups is 2. The largest absolute Gasteiger partial charge is 0.461 e. The zero-order chi connectivity index (χ0) is 14.7. The van der Waals surface area contributed by atoms with Crippen molar-refractivity contribution in [3.63, 3.8) is 0 Å². The lowest BCUT2D eigenvalue weighted by molar-refractivity contribution is -0.142. The smallest absolute Gasteiger partial charge is 0.306 e. The fourth-order valence-corrected chi connectivity index (χ4v) is 3.40. The number of carbonyl (C=O) groups excluding carboxylic acids is 2. The molecule has 0 bridgehead atoms. The molecule has 3 aliphatic rings. The van der Waals surface area contributed by atoms with Crippen molar-refractivity contribution in [1.82, 2.24) is 9.80 Å². The van der Waals surface area contributed by atoms with Crippen LogP contribution in [0.4, 0.5) is 0 Å². The maximum atomic E-state index is 12.4. The van der Waals surface area contributed by atoms with Crippen molar-refractivity contribution in [2.75, 3.05) is 45.9 Å². The van der Waals surface area contributed by atoms with E-state index >= 15 is 0 Å². The summed E-state index contributed by atoms with van der Waals surface area (Å²) in [4.78, 5) is 27.8. The van der Waals surface area contributed by atoms with Gasteiger partial charge in [-0.2, -0.15) is 0 Å². The van der Waals surface area contributed by atoms with Crippen LogP contribution in [0.15, 0.2) is 0 Å². The van der Waals surface area contributed by atoms with Crippen LogP contribution in [0.1, 0.15) is 25.7 Å². The van der Waals surface area contributed by atoms with E-state index in [0.29, 0.717) is 25.5 Å². The minimum atomic E-state index is -0.0719. The van der Waals surface area contributed by atoms with Crippen LogP contribution in [0.3, 0.4) is 0 Å². The minimum Gasteiger partial charge on any atom is -0.461 e. The van der Waals surface area contributed by atoms with Gasteiger partial charge in [-0.05, 0) is 32.4 Å². The number of amides is 1. The summed E-state index contributed by atoms with van der Waals surface area (Å²) in [6.45, 7) is 5.47. The van der Waals surface area contributed by atoms with Gasteiger partial charge in [0.1, 0.15) is 6.10 Å². The number of likely N-dealkylation sites (tertiary alicyclic amines) is 1. The Morgan fingerprint density at radius 1 is 1.10 bits per heavy atom. The van der Waals surface area contributed by atoms with Crippen molar-refractivity contribution in [2.24, 2.45) is 5.92 Å². The van der Waals surface area contributed by atoms with Gasteiger partial charge in [0.25, 0.3) is 0 Å². The summed E-state index contributed by atoms with van der Waals surface area (Å²) < 4.78 is 10.6. The first-order valence-electron chi connectivity index (χ1n) is 8.01. The van der Waals surface area contributed by atoms with Crippen molar-refractivity contribution in [1.29, 1.82) is 0 Å². The number of rotatable bonds is 3. The third kappa shape index (κ3) is 3.74. The highest BCUT2D eigenvalue weighted by Gasteiger charge is 2.31. The maximum absolute atomic E-state index is 12.4. The van der Waals surface area contributed by atoms with E-state index in [2.05, 4.69) is 4.90 Å². The van der Waals surface area contributed by atoms with Crippen LogP contribution >= 0.6 is 0 Å². The highest BCUT2D eigenvalue weighted by atomic mass is 16.5. The van der Waals surface area contributed by atoms with Crippen molar-refractivity contribution < 1.29 is 19.1 Å². The summed E-state index contributed by atoms with van der Waals surface area (Å²) in [7, 11) is 0. The molecule has 0 radical (unpaired) electrons. The topological polar surface area (TPSA) is 59.1 Å². The molecule has 1 atom stereocenters. The summed E-state index contributed by atoms with van der Waals surface area (Å²) in [5, 5.41) is 0. The number of morpholine rings is 1. The van der Waals surface area contributed by atoms with Gasteiger partial charge in [0.05, 0.1) is 13.2 Å². The Bertz CT molecular complexity index is 387. The maximum Gasteiger partial charge on any atom is 0.306 e. The third-order valence-electron chi connectivity index (χ3n) is 4.69. The van der Waals surface area contributed by atoms with Crippen molar-refractivity contribution in [3.8, 4) is 0 Å². The van der Waals surface area contributed by atoms with Gasteiger partial charge in [-0.15, -0.1) is 0 Å². The predicted octanol–water partition coefficient (Wildman–Crippen LogP) is 0.263. The molecule has 21 heavy (non-hydrogen) atoms. The second-order valence-corrected chi connectivity index (χ2v) is 6.16. The van der Waals surface area contributed by atoms with Crippen LogP contribution in [0, 0.1) is 5.92 Å². The van der Waals surface area contributed by atoms with Crippen LogP contribution in [0.2, 0.25) is 0 Å². The Morgan fingerprint density at radius 2 is 1.81 bits per heavy atom. The van der Waals surface area contributed by atoms with E-state index in [1.165, 1.54) is 0 Å². The fraction of sp³-hybridized carbons (Fsp3) is 0.867. The number of hydrogen-bond donors (Lipinski definition) is 0. The molecule has 3 saturated heterocycles. The Kier molecular flexibility index (Phi) is 4.75. The van der Waals surface area contributed by atoms with E-state index in [1.54, 1.807) is 0 Å². The number of nitrogens with zero attached hydrogens (tertiary/aromatic N) is 2. The second-order valence-electron chi connectivity index (χ2n) is 6.16. The quantitative estimate of drug-likeness (QED) is 0.699. The summed E-state index contributed by atoms with van der Waals surface area (Å²) >= 11 is 0. The van der Waals surface area contributed by atoms with Crippen molar-refractivity contribution >= 4 is 11.9 Å². The van der Waals surface area contributed by atoms with Crippen LogP contribution in [-0.2, 0) is 19.1 Å². The van der Waals surface area contributed by atoms with Gasteiger partial charge in [-0.1, -0.05) is 0 Å². The Labute approximate surface area is 125 Å². The van der Waals surface area contributed by atoms with Gasteiger partial charge < -0.3 is 14.4 Å². The summed E-state index contributed by atoms with van der Waals surface area (Å²) in [5.41, 5.74) is 0. The highest BCUT2D eigenvalue weighted by Crippen LogP contribution is 2.22. The lowest BCUT2D eigenvalue weighted by Crippen LogP contribution is -2.47. The molecule has 1 unspecified atom stereocenters. The molecule has 3 heterocycles. The summed E-state index contributed by atoms with van der Waals surface area (Å²) in [6, 6.07) is 0. The SMILES string of the molecule is O=C1CCC(CN2CCC(C(=O)N3CCOCC3)CC2)O1. The molecule has 6 heteroatoms. The monoisotopic (exact) mass is 296 g/mol. The van der Waals surface area contributed by atoms with Gasteiger partial charge in [0, 0.05) is 32.0 Å². The van der Waals surface area contributed by atoms with Crippen LogP contribution < -0.4 is 0 Å². The summed E-state index contributed by atoms with van der Waals surface area (Å²) in [6.07, 6.45) is 3.28. The first-order chi connectivity index (χ1) is 10.2. The second kappa shape index (κ2) is 6.75. The van der Waals surface area contributed by atoms with E-state index in [-0.39, 0.29) is 18.0 Å². The molecule has 0 saturated carbocycles. The molecule has 3 fully saturated rings. The normalized spacial score (nSPS) is 28.7. The number of piperidine rings is 1. The lowest BCUT2D eigenvalue weighted by Gasteiger charge is -2.36. The third-order valence-corrected chi connectivity index (χ3v) is 4.69. The Morgan fingerprint density at radius 3 is 2.43 bits per heavy atom. The number of hydrogen-bond acceptors (Lipinski definition) is 5. The van der Waals surface area contributed by atoms with E-state index < -0.39 is 0 Å². The summed E-state index contributed by atoms with van der Waals surface area (Å²) in [5.74, 6) is 0.383. The zero-order valence-corrected chi connectivity index (χ0v) is 12.5. The van der Waals surface area contributed by atoms with E-state index in [4.69, 9.17) is 9.47 Å².